The number of hydrogen-bond donors (Lipinski definition) is 2. The molecule has 0 aliphatic carbocycles. The number of nitrogens with zero attached hydrogens (tertiary/aromatic N) is 1. The first kappa shape index (κ1) is 26.5. The van der Waals surface area contributed by atoms with Crippen LogP contribution >= 0.6 is 11.6 Å². The molecule has 0 heterocycles. The van der Waals surface area contributed by atoms with Crippen LogP contribution in [0.15, 0.2) is 65.8 Å². The zero-order valence-electron chi connectivity index (χ0n) is 19.7. The van der Waals surface area contributed by atoms with Crippen molar-refractivity contribution >= 4 is 35.3 Å². The number of amides is 2. The van der Waals surface area contributed by atoms with Gasteiger partial charge in [0.05, 0.1) is 24.5 Å². The second-order valence-corrected chi connectivity index (χ2v) is 7.68. The summed E-state index contributed by atoms with van der Waals surface area (Å²) in [5, 5.41) is 6.58. The fourth-order valence-corrected chi connectivity index (χ4v) is 3.21. The SMILES string of the molecule is CCOc1ccc(NC(=O)C(=O)NN=Cc2ccc(OCc3ccc(F)cc3Cl)c(OCC)c2)cc1. The van der Waals surface area contributed by atoms with Crippen molar-refractivity contribution in [2.75, 3.05) is 18.5 Å². The zero-order chi connectivity index (χ0) is 25.9. The van der Waals surface area contributed by atoms with Gasteiger partial charge in [0.25, 0.3) is 0 Å². The molecule has 0 aromatic heterocycles. The molecule has 3 aromatic rings. The van der Waals surface area contributed by atoms with E-state index in [-0.39, 0.29) is 11.6 Å². The van der Waals surface area contributed by atoms with Gasteiger partial charge in [-0.1, -0.05) is 17.7 Å². The summed E-state index contributed by atoms with van der Waals surface area (Å²) in [6, 6.07) is 15.7. The maximum Gasteiger partial charge on any atom is 0.329 e. The maximum atomic E-state index is 13.2. The van der Waals surface area contributed by atoms with Gasteiger partial charge in [-0.15, -0.1) is 0 Å². The quantitative estimate of drug-likeness (QED) is 0.227. The Morgan fingerprint density at radius 2 is 1.67 bits per heavy atom. The van der Waals surface area contributed by atoms with Gasteiger partial charge in [0.15, 0.2) is 11.5 Å². The first-order chi connectivity index (χ1) is 17.4. The van der Waals surface area contributed by atoms with E-state index in [4.69, 9.17) is 25.8 Å². The van der Waals surface area contributed by atoms with E-state index in [1.807, 2.05) is 13.8 Å². The number of carbonyl (C=O) groups is 2. The summed E-state index contributed by atoms with van der Waals surface area (Å²) in [7, 11) is 0. The van der Waals surface area contributed by atoms with Gasteiger partial charge in [-0.3, -0.25) is 9.59 Å². The minimum Gasteiger partial charge on any atom is -0.494 e. The van der Waals surface area contributed by atoms with Crippen LogP contribution < -0.4 is 25.0 Å². The average Bonchev–Trinajstić information content (AvgIpc) is 2.86. The van der Waals surface area contributed by atoms with Gasteiger partial charge in [0.1, 0.15) is 18.2 Å². The topological polar surface area (TPSA) is 98.2 Å². The minimum atomic E-state index is -0.929. The maximum absolute atomic E-state index is 13.2. The summed E-state index contributed by atoms with van der Waals surface area (Å²) < 4.78 is 30.0. The van der Waals surface area contributed by atoms with Gasteiger partial charge >= 0.3 is 11.8 Å². The number of anilines is 1. The normalized spacial score (nSPS) is 10.7. The van der Waals surface area contributed by atoms with Crippen LogP contribution in [-0.4, -0.2) is 31.2 Å². The van der Waals surface area contributed by atoms with Crippen molar-refractivity contribution < 1.29 is 28.2 Å². The molecule has 2 amide bonds. The molecular weight excluding hydrogens is 489 g/mol. The van der Waals surface area contributed by atoms with Crippen molar-refractivity contribution in [3.63, 3.8) is 0 Å². The van der Waals surface area contributed by atoms with Crippen LogP contribution in [0.2, 0.25) is 5.02 Å². The van der Waals surface area contributed by atoms with Crippen LogP contribution in [0.25, 0.3) is 0 Å². The summed E-state index contributed by atoms with van der Waals surface area (Å²) in [6.45, 7) is 4.72. The molecule has 188 valence electrons. The van der Waals surface area contributed by atoms with Gasteiger partial charge < -0.3 is 19.5 Å². The standard InChI is InChI=1S/C26H25ClFN3O5/c1-3-34-21-10-8-20(9-11-21)30-25(32)26(33)31-29-15-17-5-12-23(24(13-17)35-4-2)36-16-18-6-7-19(28)14-22(18)27/h5-15H,3-4,16H2,1-2H3,(H,30,32)(H,31,33). The molecule has 0 spiro atoms. The lowest BCUT2D eigenvalue weighted by Crippen LogP contribution is -2.32. The van der Waals surface area contributed by atoms with Crippen molar-refractivity contribution in [3.8, 4) is 17.2 Å². The molecular formula is C26H25ClFN3O5. The highest BCUT2D eigenvalue weighted by Crippen LogP contribution is 2.30. The molecule has 0 saturated carbocycles. The summed E-state index contributed by atoms with van der Waals surface area (Å²) in [5.74, 6) is -0.669. The molecule has 3 rings (SSSR count). The molecule has 0 atom stereocenters. The number of hydrogen-bond acceptors (Lipinski definition) is 6. The number of benzene rings is 3. The summed E-state index contributed by atoms with van der Waals surface area (Å²) in [4.78, 5) is 24.1. The van der Waals surface area contributed by atoms with Crippen molar-refractivity contribution in [1.82, 2.24) is 5.43 Å². The molecule has 0 unspecified atom stereocenters. The summed E-state index contributed by atoms with van der Waals surface area (Å²) in [5.41, 5.74) is 3.85. The highest BCUT2D eigenvalue weighted by molar-refractivity contribution is 6.39. The highest BCUT2D eigenvalue weighted by Gasteiger charge is 2.13. The third-order valence-electron chi connectivity index (χ3n) is 4.68. The van der Waals surface area contributed by atoms with E-state index in [1.165, 1.54) is 18.3 Å². The van der Waals surface area contributed by atoms with Gasteiger partial charge in [0, 0.05) is 11.3 Å². The number of hydrazone groups is 1. The Kier molecular flexibility index (Phi) is 9.64. The first-order valence-corrected chi connectivity index (χ1v) is 11.5. The minimum absolute atomic E-state index is 0.117. The van der Waals surface area contributed by atoms with Crippen LogP contribution in [0.5, 0.6) is 17.2 Å². The monoisotopic (exact) mass is 513 g/mol. The van der Waals surface area contributed by atoms with Crippen molar-refractivity contribution in [2.24, 2.45) is 5.10 Å². The largest absolute Gasteiger partial charge is 0.494 e. The lowest BCUT2D eigenvalue weighted by Gasteiger charge is -2.13. The summed E-state index contributed by atoms with van der Waals surface area (Å²) >= 11 is 6.05. The van der Waals surface area contributed by atoms with Gasteiger partial charge in [-0.2, -0.15) is 5.10 Å². The average molecular weight is 514 g/mol. The Bertz CT molecular complexity index is 1230. The Hall–Kier alpha value is -4.11. The second kappa shape index (κ2) is 13.1. The third-order valence-corrected chi connectivity index (χ3v) is 5.03. The molecule has 0 aliphatic rings. The van der Waals surface area contributed by atoms with E-state index in [0.717, 1.165) is 0 Å². The van der Waals surface area contributed by atoms with E-state index in [1.54, 1.807) is 48.5 Å². The van der Waals surface area contributed by atoms with Crippen molar-refractivity contribution in [2.45, 2.75) is 20.5 Å². The van der Waals surface area contributed by atoms with E-state index in [0.29, 0.717) is 47.3 Å². The van der Waals surface area contributed by atoms with Crippen LogP contribution in [0, 0.1) is 5.82 Å². The smallest absolute Gasteiger partial charge is 0.329 e. The zero-order valence-corrected chi connectivity index (χ0v) is 20.5. The second-order valence-electron chi connectivity index (χ2n) is 7.27. The lowest BCUT2D eigenvalue weighted by molar-refractivity contribution is -0.136. The highest BCUT2D eigenvalue weighted by atomic mass is 35.5. The van der Waals surface area contributed by atoms with E-state index >= 15 is 0 Å². The third kappa shape index (κ3) is 7.71. The van der Waals surface area contributed by atoms with E-state index in [9.17, 15) is 14.0 Å². The number of halogens is 2. The molecule has 8 nitrogen and oxygen atoms in total. The van der Waals surface area contributed by atoms with Gasteiger partial charge in [-0.25, -0.2) is 9.82 Å². The van der Waals surface area contributed by atoms with E-state index < -0.39 is 17.6 Å². The molecule has 0 bridgehead atoms. The first-order valence-electron chi connectivity index (χ1n) is 11.1. The predicted molar refractivity (Wildman–Crippen MR) is 135 cm³/mol. The van der Waals surface area contributed by atoms with Crippen LogP contribution in [-0.2, 0) is 16.2 Å². The summed E-state index contributed by atoms with van der Waals surface area (Å²) in [6.07, 6.45) is 1.37. The van der Waals surface area contributed by atoms with Crippen molar-refractivity contribution in [3.05, 3.63) is 82.6 Å². The Labute approximate surface area is 213 Å². The Morgan fingerprint density at radius 1 is 0.917 bits per heavy atom. The fourth-order valence-electron chi connectivity index (χ4n) is 2.99. The number of rotatable bonds is 10. The molecule has 36 heavy (non-hydrogen) atoms. The number of ether oxygens (including phenoxy) is 3. The molecule has 0 saturated heterocycles. The van der Waals surface area contributed by atoms with Gasteiger partial charge in [-0.05, 0) is 74.0 Å². The Balaban J connectivity index is 1.58. The molecule has 0 aliphatic heterocycles. The molecule has 0 fully saturated rings. The molecule has 3 aromatic carbocycles. The van der Waals surface area contributed by atoms with E-state index in [2.05, 4.69) is 15.8 Å². The number of carbonyl (C=O) groups excluding carboxylic acids is 2. The van der Waals surface area contributed by atoms with Crippen molar-refractivity contribution in [1.29, 1.82) is 0 Å². The van der Waals surface area contributed by atoms with Gasteiger partial charge in [0.2, 0.25) is 0 Å². The van der Waals surface area contributed by atoms with Crippen LogP contribution in [0.3, 0.4) is 0 Å². The molecule has 0 radical (unpaired) electrons. The molecule has 2 N–H and O–H groups in total. The van der Waals surface area contributed by atoms with Crippen LogP contribution in [0.4, 0.5) is 10.1 Å². The van der Waals surface area contributed by atoms with Crippen LogP contribution in [0.1, 0.15) is 25.0 Å². The Morgan fingerprint density at radius 3 is 2.36 bits per heavy atom. The fraction of sp³-hybridized carbons (Fsp3) is 0.192. The lowest BCUT2D eigenvalue weighted by atomic mass is 10.2. The predicted octanol–water partition coefficient (Wildman–Crippen LogP) is 4.94. The number of nitrogens with one attached hydrogen (secondary N) is 2. The molecule has 10 heteroatoms.